The summed E-state index contributed by atoms with van der Waals surface area (Å²) >= 11 is 2.24. The van der Waals surface area contributed by atoms with Crippen LogP contribution in [0.4, 0.5) is 0 Å². The van der Waals surface area contributed by atoms with Crippen molar-refractivity contribution in [3.63, 3.8) is 0 Å². The summed E-state index contributed by atoms with van der Waals surface area (Å²) in [7, 11) is 0. The maximum atomic E-state index is 4.93. The summed E-state index contributed by atoms with van der Waals surface area (Å²) in [5.74, 6) is 1.04. The molecular formula is C10H7IN2O. The van der Waals surface area contributed by atoms with Gasteiger partial charge in [-0.15, -0.1) is 0 Å². The van der Waals surface area contributed by atoms with Crippen molar-refractivity contribution >= 4 is 28.7 Å². The van der Waals surface area contributed by atoms with E-state index < -0.39 is 0 Å². The molecule has 0 saturated carbocycles. The molecular weight excluding hydrogens is 291 g/mol. The molecule has 0 N–H and O–H groups in total. The average molecular weight is 298 g/mol. The van der Waals surface area contributed by atoms with Crippen molar-refractivity contribution in [3.05, 3.63) is 40.3 Å². The second-order valence-corrected chi connectivity index (χ2v) is 3.92. The van der Waals surface area contributed by atoms with Crippen molar-refractivity contribution in [1.29, 1.82) is 0 Å². The van der Waals surface area contributed by atoms with Crippen molar-refractivity contribution in [2.45, 2.75) is 0 Å². The molecule has 0 unspecified atom stereocenters. The molecule has 2 aromatic rings. The van der Waals surface area contributed by atoms with Gasteiger partial charge in [-0.2, -0.15) is 4.98 Å². The van der Waals surface area contributed by atoms with Crippen LogP contribution in [0.5, 0.6) is 0 Å². The van der Waals surface area contributed by atoms with Crippen LogP contribution in [0.3, 0.4) is 0 Å². The largest absolute Gasteiger partial charge is 0.334 e. The van der Waals surface area contributed by atoms with E-state index in [0.29, 0.717) is 11.7 Å². The number of benzene rings is 1. The zero-order valence-electron chi connectivity index (χ0n) is 7.27. The van der Waals surface area contributed by atoms with E-state index in [1.165, 1.54) is 6.08 Å². The molecule has 0 radical (unpaired) electrons. The molecule has 14 heavy (non-hydrogen) atoms. The van der Waals surface area contributed by atoms with E-state index in [4.69, 9.17) is 4.52 Å². The Morgan fingerprint density at radius 3 is 2.93 bits per heavy atom. The number of nitrogens with zero attached hydrogens (tertiary/aromatic N) is 2. The molecule has 0 fully saturated rings. The molecule has 1 aromatic carbocycles. The Bertz CT molecular complexity index is 465. The number of rotatable bonds is 2. The summed E-state index contributed by atoms with van der Waals surface area (Å²) in [4.78, 5) is 4.14. The first-order valence-electron chi connectivity index (χ1n) is 4.01. The van der Waals surface area contributed by atoms with Crippen LogP contribution in [-0.2, 0) is 0 Å². The van der Waals surface area contributed by atoms with Crippen molar-refractivity contribution in [2.24, 2.45) is 0 Å². The van der Waals surface area contributed by atoms with E-state index in [2.05, 4.69) is 39.3 Å². The first kappa shape index (κ1) is 9.39. The summed E-state index contributed by atoms with van der Waals surface area (Å²) in [6, 6.07) is 7.91. The lowest BCUT2D eigenvalue weighted by atomic mass is 10.2. The second kappa shape index (κ2) is 3.91. The van der Waals surface area contributed by atoms with Gasteiger partial charge >= 0.3 is 0 Å². The fraction of sp³-hybridized carbons (Fsp3) is 0. The molecule has 0 amide bonds. The molecule has 70 valence electrons. The third kappa shape index (κ3) is 1.84. The summed E-state index contributed by atoms with van der Waals surface area (Å²) in [6.07, 6.45) is 1.53. The van der Waals surface area contributed by atoms with Gasteiger partial charge in [-0.05, 0) is 40.8 Å². The topological polar surface area (TPSA) is 38.9 Å². The number of aromatic nitrogens is 2. The van der Waals surface area contributed by atoms with E-state index >= 15 is 0 Å². The van der Waals surface area contributed by atoms with Crippen LogP contribution < -0.4 is 0 Å². The van der Waals surface area contributed by atoms with E-state index in [9.17, 15) is 0 Å². The fourth-order valence-corrected chi connectivity index (χ4v) is 1.61. The van der Waals surface area contributed by atoms with Gasteiger partial charge in [0.05, 0.1) is 0 Å². The van der Waals surface area contributed by atoms with E-state index in [1.54, 1.807) is 0 Å². The number of halogens is 1. The molecule has 0 atom stereocenters. The van der Waals surface area contributed by atoms with Crippen LogP contribution in [0, 0.1) is 3.57 Å². The number of hydrogen-bond donors (Lipinski definition) is 0. The lowest BCUT2D eigenvalue weighted by molar-refractivity contribution is 0.411. The summed E-state index contributed by atoms with van der Waals surface area (Å²) in [6.45, 7) is 3.56. The Labute approximate surface area is 95.0 Å². The normalized spacial score (nSPS) is 10.1. The summed E-state index contributed by atoms with van der Waals surface area (Å²) in [5, 5.41) is 3.84. The predicted octanol–water partition coefficient (Wildman–Crippen LogP) is 2.98. The third-order valence-corrected chi connectivity index (χ3v) is 2.37. The standard InChI is InChI=1S/C10H7IN2O/c1-2-9-12-10(13-14-9)7-4-3-5-8(11)6-7/h2-6H,1H2. The first-order valence-corrected chi connectivity index (χ1v) is 5.09. The monoisotopic (exact) mass is 298 g/mol. The molecule has 0 aliphatic carbocycles. The summed E-state index contributed by atoms with van der Waals surface area (Å²) in [5.41, 5.74) is 0.953. The lowest BCUT2D eigenvalue weighted by Crippen LogP contribution is -1.81. The highest BCUT2D eigenvalue weighted by molar-refractivity contribution is 14.1. The van der Waals surface area contributed by atoms with Gasteiger partial charge in [-0.3, -0.25) is 0 Å². The van der Waals surface area contributed by atoms with Gasteiger partial charge in [0.1, 0.15) is 0 Å². The van der Waals surface area contributed by atoms with Crippen LogP contribution in [0.2, 0.25) is 0 Å². The van der Waals surface area contributed by atoms with Gasteiger partial charge in [0.15, 0.2) is 0 Å². The molecule has 0 saturated heterocycles. The van der Waals surface area contributed by atoms with Gasteiger partial charge in [0.25, 0.3) is 0 Å². The molecule has 0 bridgehead atoms. The molecule has 4 heteroatoms. The molecule has 0 spiro atoms. The van der Waals surface area contributed by atoms with Gasteiger partial charge in [0, 0.05) is 9.13 Å². The predicted molar refractivity (Wildman–Crippen MR) is 62.5 cm³/mol. The quantitative estimate of drug-likeness (QED) is 0.800. The Morgan fingerprint density at radius 2 is 2.29 bits per heavy atom. The van der Waals surface area contributed by atoms with Crippen molar-refractivity contribution in [3.8, 4) is 11.4 Å². The smallest absolute Gasteiger partial charge is 0.250 e. The maximum Gasteiger partial charge on any atom is 0.250 e. The Balaban J connectivity index is 2.43. The third-order valence-electron chi connectivity index (χ3n) is 1.70. The Hall–Kier alpha value is -1.17. The Kier molecular flexibility index (Phi) is 2.62. The van der Waals surface area contributed by atoms with Crippen molar-refractivity contribution < 1.29 is 4.52 Å². The second-order valence-electron chi connectivity index (χ2n) is 2.67. The average Bonchev–Trinajstić information content (AvgIpc) is 2.66. The van der Waals surface area contributed by atoms with Crippen molar-refractivity contribution in [1.82, 2.24) is 10.1 Å². The van der Waals surface area contributed by atoms with E-state index in [-0.39, 0.29) is 0 Å². The number of hydrogen-bond acceptors (Lipinski definition) is 3. The van der Waals surface area contributed by atoms with Gasteiger partial charge in [-0.25, -0.2) is 0 Å². The fourth-order valence-electron chi connectivity index (χ4n) is 1.06. The highest BCUT2D eigenvalue weighted by atomic mass is 127. The minimum Gasteiger partial charge on any atom is -0.334 e. The van der Waals surface area contributed by atoms with Crippen LogP contribution in [0.1, 0.15) is 5.89 Å². The molecule has 1 heterocycles. The molecule has 1 aromatic heterocycles. The maximum absolute atomic E-state index is 4.93. The highest BCUT2D eigenvalue weighted by Crippen LogP contribution is 2.18. The SMILES string of the molecule is C=Cc1nc(-c2cccc(I)c2)no1. The van der Waals surface area contributed by atoms with Gasteiger partial charge in [0.2, 0.25) is 11.7 Å². The van der Waals surface area contributed by atoms with E-state index in [0.717, 1.165) is 9.13 Å². The lowest BCUT2D eigenvalue weighted by Gasteiger charge is -1.93. The first-order chi connectivity index (χ1) is 6.79. The van der Waals surface area contributed by atoms with Crippen LogP contribution >= 0.6 is 22.6 Å². The molecule has 0 aliphatic rings. The minimum absolute atomic E-state index is 0.443. The zero-order chi connectivity index (χ0) is 9.97. The molecule has 3 nitrogen and oxygen atoms in total. The Morgan fingerprint density at radius 1 is 1.43 bits per heavy atom. The van der Waals surface area contributed by atoms with Gasteiger partial charge in [-0.1, -0.05) is 23.9 Å². The highest BCUT2D eigenvalue weighted by Gasteiger charge is 2.05. The van der Waals surface area contributed by atoms with Crippen LogP contribution in [0.25, 0.3) is 17.5 Å². The van der Waals surface area contributed by atoms with Crippen molar-refractivity contribution in [2.75, 3.05) is 0 Å². The van der Waals surface area contributed by atoms with Crippen LogP contribution in [-0.4, -0.2) is 10.1 Å². The summed E-state index contributed by atoms with van der Waals surface area (Å²) < 4.78 is 6.07. The molecule has 0 aliphatic heterocycles. The van der Waals surface area contributed by atoms with Crippen LogP contribution in [0.15, 0.2) is 35.4 Å². The van der Waals surface area contributed by atoms with Gasteiger partial charge < -0.3 is 4.52 Å². The minimum atomic E-state index is 0.443. The molecule has 2 rings (SSSR count). The van der Waals surface area contributed by atoms with E-state index in [1.807, 2.05) is 24.3 Å². The zero-order valence-corrected chi connectivity index (χ0v) is 9.43.